The Labute approximate surface area is 105 Å². The molecule has 1 aliphatic carbocycles. The minimum Gasteiger partial charge on any atom is -0.465 e. The molecule has 0 bridgehead atoms. The first kappa shape index (κ1) is 11.0. The molecule has 0 amide bonds. The zero-order chi connectivity index (χ0) is 12.5. The predicted octanol–water partition coefficient (Wildman–Crippen LogP) is 2.54. The van der Waals surface area contributed by atoms with Gasteiger partial charge in [-0.2, -0.15) is 5.10 Å². The van der Waals surface area contributed by atoms with Gasteiger partial charge in [0.05, 0.1) is 24.7 Å². The summed E-state index contributed by atoms with van der Waals surface area (Å²) in [6.07, 6.45) is 3.83. The maximum atomic E-state index is 11.7. The summed E-state index contributed by atoms with van der Waals surface area (Å²) in [5, 5.41) is 4.33. The van der Waals surface area contributed by atoms with Crippen LogP contribution in [0.25, 0.3) is 5.69 Å². The Morgan fingerprint density at radius 3 is 2.67 bits per heavy atom. The van der Waals surface area contributed by atoms with Crippen molar-refractivity contribution < 1.29 is 9.53 Å². The normalized spacial score (nSPS) is 14.5. The van der Waals surface area contributed by atoms with Crippen molar-refractivity contribution in [3.05, 3.63) is 47.8 Å². The second-order valence-corrected chi connectivity index (χ2v) is 4.46. The van der Waals surface area contributed by atoms with E-state index in [1.54, 1.807) is 6.20 Å². The van der Waals surface area contributed by atoms with Crippen LogP contribution in [0.15, 0.2) is 36.5 Å². The number of aromatic nitrogens is 2. The highest BCUT2D eigenvalue weighted by atomic mass is 16.5. The lowest BCUT2D eigenvalue weighted by Gasteiger charge is -2.07. The summed E-state index contributed by atoms with van der Waals surface area (Å²) < 4.78 is 6.66. The Kier molecular flexibility index (Phi) is 2.63. The van der Waals surface area contributed by atoms with Crippen molar-refractivity contribution in [2.75, 3.05) is 7.11 Å². The molecule has 1 aromatic carbocycles. The van der Waals surface area contributed by atoms with E-state index in [9.17, 15) is 4.79 Å². The van der Waals surface area contributed by atoms with Crippen molar-refractivity contribution in [2.45, 2.75) is 18.8 Å². The maximum absolute atomic E-state index is 11.7. The highest BCUT2D eigenvalue weighted by molar-refractivity contribution is 5.90. The zero-order valence-electron chi connectivity index (χ0n) is 10.2. The first-order valence-corrected chi connectivity index (χ1v) is 6.03. The average molecular weight is 242 g/mol. The molecule has 0 atom stereocenters. The van der Waals surface area contributed by atoms with E-state index in [1.807, 2.05) is 35.0 Å². The van der Waals surface area contributed by atoms with Gasteiger partial charge in [0, 0.05) is 5.92 Å². The van der Waals surface area contributed by atoms with E-state index in [4.69, 9.17) is 4.74 Å². The lowest BCUT2D eigenvalue weighted by Crippen LogP contribution is -2.07. The molecule has 0 aliphatic heterocycles. The summed E-state index contributed by atoms with van der Waals surface area (Å²) in [6.45, 7) is 0. The van der Waals surface area contributed by atoms with Gasteiger partial charge in [-0.25, -0.2) is 9.48 Å². The van der Waals surface area contributed by atoms with Crippen molar-refractivity contribution in [2.24, 2.45) is 0 Å². The summed E-state index contributed by atoms with van der Waals surface area (Å²) >= 11 is 0. The van der Waals surface area contributed by atoms with E-state index in [2.05, 4.69) is 5.10 Å². The molecular weight excluding hydrogens is 228 g/mol. The lowest BCUT2D eigenvalue weighted by molar-refractivity contribution is 0.0599. The number of esters is 1. The largest absolute Gasteiger partial charge is 0.465 e. The number of hydrogen-bond acceptors (Lipinski definition) is 3. The fourth-order valence-corrected chi connectivity index (χ4v) is 2.15. The number of rotatable bonds is 3. The molecule has 1 aromatic heterocycles. The number of hydrogen-bond donors (Lipinski definition) is 0. The number of benzene rings is 1. The van der Waals surface area contributed by atoms with Gasteiger partial charge in [-0.05, 0) is 25.0 Å². The van der Waals surface area contributed by atoms with Gasteiger partial charge in [-0.1, -0.05) is 18.2 Å². The van der Waals surface area contributed by atoms with Crippen LogP contribution >= 0.6 is 0 Å². The molecule has 0 saturated heterocycles. The van der Waals surface area contributed by atoms with Crippen molar-refractivity contribution >= 4 is 5.97 Å². The molecule has 92 valence electrons. The van der Waals surface area contributed by atoms with Crippen LogP contribution in [0.3, 0.4) is 0 Å². The maximum Gasteiger partial charge on any atom is 0.341 e. The van der Waals surface area contributed by atoms with Crippen LogP contribution in [-0.2, 0) is 4.74 Å². The molecule has 0 radical (unpaired) electrons. The molecule has 4 nitrogen and oxygen atoms in total. The van der Waals surface area contributed by atoms with Crippen molar-refractivity contribution in [3.63, 3.8) is 0 Å². The number of ether oxygens (including phenoxy) is 1. The molecule has 3 rings (SSSR count). The highest BCUT2D eigenvalue weighted by Gasteiger charge is 2.33. The van der Waals surface area contributed by atoms with Gasteiger partial charge in [0.25, 0.3) is 0 Å². The number of carbonyl (C=O) groups excluding carboxylic acids is 1. The smallest absolute Gasteiger partial charge is 0.341 e. The summed E-state index contributed by atoms with van der Waals surface area (Å²) in [5.41, 5.74) is 2.55. The first-order valence-electron chi connectivity index (χ1n) is 6.03. The Balaban J connectivity index is 2.10. The summed E-state index contributed by atoms with van der Waals surface area (Å²) in [4.78, 5) is 11.7. The van der Waals surface area contributed by atoms with Gasteiger partial charge in [-0.3, -0.25) is 0 Å². The van der Waals surface area contributed by atoms with Crippen LogP contribution in [0.2, 0.25) is 0 Å². The molecule has 4 heteroatoms. The van der Waals surface area contributed by atoms with Crippen LogP contribution in [0.4, 0.5) is 0 Å². The van der Waals surface area contributed by atoms with Crippen LogP contribution in [-0.4, -0.2) is 22.9 Å². The van der Waals surface area contributed by atoms with Gasteiger partial charge >= 0.3 is 5.97 Å². The second-order valence-electron chi connectivity index (χ2n) is 4.46. The predicted molar refractivity (Wildman–Crippen MR) is 66.9 cm³/mol. The minimum absolute atomic E-state index is 0.306. The fourth-order valence-electron chi connectivity index (χ4n) is 2.15. The number of para-hydroxylation sites is 1. The van der Waals surface area contributed by atoms with Gasteiger partial charge < -0.3 is 4.74 Å². The second kappa shape index (κ2) is 4.29. The monoisotopic (exact) mass is 242 g/mol. The molecule has 1 aliphatic rings. The number of carbonyl (C=O) groups is 1. The third kappa shape index (κ3) is 1.79. The molecule has 0 N–H and O–H groups in total. The van der Waals surface area contributed by atoms with Crippen LogP contribution in [0.1, 0.15) is 34.8 Å². The molecule has 1 fully saturated rings. The molecular formula is C14H14N2O2. The Bertz CT molecular complexity index is 571. The van der Waals surface area contributed by atoms with Gasteiger partial charge in [0.15, 0.2) is 0 Å². The average Bonchev–Trinajstić information content (AvgIpc) is 3.17. The quantitative estimate of drug-likeness (QED) is 0.777. The Morgan fingerprint density at radius 2 is 2.06 bits per heavy atom. The van der Waals surface area contributed by atoms with E-state index in [0.29, 0.717) is 11.5 Å². The zero-order valence-corrected chi connectivity index (χ0v) is 10.2. The van der Waals surface area contributed by atoms with E-state index < -0.39 is 0 Å². The van der Waals surface area contributed by atoms with Gasteiger partial charge in [0.1, 0.15) is 5.56 Å². The fraction of sp³-hybridized carbons (Fsp3) is 0.286. The summed E-state index contributed by atoms with van der Waals surface area (Å²) in [6, 6.07) is 9.86. The van der Waals surface area contributed by atoms with E-state index >= 15 is 0 Å². The van der Waals surface area contributed by atoms with Gasteiger partial charge in [0.2, 0.25) is 0 Å². The Morgan fingerprint density at radius 1 is 1.33 bits per heavy atom. The molecule has 1 heterocycles. The lowest BCUT2D eigenvalue weighted by atomic mass is 10.1. The molecule has 0 spiro atoms. The van der Waals surface area contributed by atoms with Crippen molar-refractivity contribution in [3.8, 4) is 5.69 Å². The topological polar surface area (TPSA) is 44.1 Å². The number of nitrogens with zero attached hydrogens (tertiary/aromatic N) is 2. The minimum atomic E-state index is -0.306. The molecule has 2 aromatic rings. The van der Waals surface area contributed by atoms with E-state index in [1.165, 1.54) is 7.11 Å². The van der Waals surface area contributed by atoms with Crippen LogP contribution in [0, 0.1) is 0 Å². The van der Waals surface area contributed by atoms with Crippen LogP contribution in [0.5, 0.6) is 0 Å². The standard InChI is InChI=1S/C14H14N2O2/c1-18-14(17)12-9-15-16(13(12)10-7-8-10)11-5-3-2-4-6-11/h2-6,9-10H,7-8H2,1H3. The number of methoxy groups -OCH3 is 1. The molecule has 0 unspecified atom stereocenters. The summed E-state index contributed by atoms with van der Waals surface area (Å²) in [7, 11) is 1.40. The van der Waals surface area contributed by atoms with Gasteiger partial charge in [-0.15, -0.1) is 0 Å². The molecule has 18 heavy (non-hydrogen) atoms. The van der Waals surface area contributed by atoms with E-state index in [0.717, 1.165) is 24.2 Å². The van der Waals surface area contributed by atoms with E-state index in [-0.39, 0.29) is 5.97 Å². The third-order valence-electron chi connectivity index (χ3n) is 3.18. The highest BCUT2D eigenvalue weighted by Crippen LogP contribution is 2.42. The SMILES string of the molecule is COC(=O)c1cnn(-c2ccccc2)c1C1CC1. The molecule has 1 saturated carbocycles. The van der Waals surface area contributed by atoms with Crippen molar-refractivity contribution in [1.82, 2.24) is 9.78 Å². The summed E-state index contributed by atoms with van der Waals surface area (Å²) in [5.74, 6) is 0.126. The Hall–Kier alpha value is -2.10. The van der Waals surface area contributed by atoms with Crippen LogP contribution < -0.4 is 0 Å². The first-order chi connectivity index (χ1) is 8.81. The van der Waals surface area contributed by atoms with Crippen molar-refractivity contribution in [1.29, 1.82) is 0 Å². The third-order valence-corrected chi connectivity index (χ3v) is 3.18.